The summed E-state index contributed by atoms with van der Waals surface area (Å²) in [6.07, 6.45) is 0.317. The zero-order valence-electron chi connectivity index (χ0n) is 14.5. The van der Waals surface area contributed by atoms with Crippen LogP contribution in [0.5, 0.6) is 0 Å². The van der Waals surface area contributed by atoms with Crippen LogP contribution in [-0.4, -0.2) is 29.6 Å². The molecular formula is C20H19FN2O3. The number of rotatable bonds is 5. The van der Waals surface area contributed by atoms with Crippen LogP contribution < -0.4 is 5.32 Å². The Bertz CT molecular complexity index is 950. The summed E-state index contributed by atoms with van der Waals surface area (Å²) >= 11 is 0. The highest BCUT2D eigenvalue weighted by atomic mass is 19.1. The van der Waals surface area contributed by atoms with E-state index in [-0.39, 0.29) is 5.82 Å². The van der Waals surface area contributed by atoms with Crippen LogP contribution in [0.15, 0.2) is 54.6 Å². The maximum Gasteiger partial charge on any atom is 0.328 e. The van der Waals surface area contributed by atoms with Crippen molar-refractivity contribution in [2.75, 3.05) is 7.11 Å². The highest BCUT2D eigenvalue weighted by Crippen LogP contribution is 2.20. The number of benzene rings is 2. The number of halogens is 1. The van der Waals surface area contributed by atoms with Gasteiger partial charge in [-0.15, -0.1) is 0 Å². The van der Waals surface area contributed by atoms with Crippen LogP contribution in [0.2, 0.25) is 0 Å². The van der Waals surface area contributed by atoms with E-state index in [4.69, 9.17) is 4.74 Å². The van der Waals surface area contributed by atoms with Gasteiger partial charge in [0.25, 0.3) is 5.91 Å². The minimum Gasteiger partial charge on any atom is -0.467 e. The molecule has 26 heavy (non-hydrogen) atoms. The molecule has 0 aliphatic carbocycles. The lowest BCUT2D eigenvalue weighted by atomic mass is 10.1. The second kappa shape index (κ2) is 7.39. The quantitative estimate of drug-likeness (QED) is 0.717. The summed E-state index contributed by atoms with van der Waals surface area (Å²) in [7, 11) is 3.01. The van der Waals surface area contributed by atoms with Crippen molar-refractivity contribution in [2.45, 2.75) is 12.5 Å². The Morgan fingerprint density at radius 3 is 2.58 bits per heavy atom. The number of hydrogen-bond donors (Lipinski definition) is 1. The molecule has 6 heteroatoms. The fourth-order valence-corrected chi connectivity index (χ4v) is 2.96. The Hall–Kier alpha value is -3.15. The van der Waals surface area contributed by atoms with Crippen molar-refractivity contribution in [3.8, 4) is 0 Å². The monoisotopic (exact) mass is 354 g/mol. The Labute approximate surface area is 150 Å². The Morgan fingerprint density at radius 2 is 1.88 bits per heavy atom. The number of nitrogens with one attached hydrogen (secondary N) is 1. The van der Waals surface area contributed by atoms with Gasteiger partial charge in [0.15, 0.2) is 0 Å². The first-order valence-electron chi connectivity index (χ1n) is 8.17. The number of fused-ring (bicyclic) bond motifs is 1. The number of carbonyl (C=O) groups excluding carboxylic acids is 2. The molecule has 3 aromatic rings. The molecule has 3 rings (SSSR count). The number of aromatic nitrogens is 1. The molecule has 0 saturated heterocycles. The summed E-state index contributed by atoms with van der Waals surface area (Å²) in [5.41, 5.74) is 1.98. The van der Waals surface area contributed by atoms with E-state index in [0.29, 0.717) is 17.5 Å². The van der Waals surface area contributed by atoms with Crippen molar-refractivity contribution in [2.24, 2.45) is 7.05 Å². The first kappa shape index (κ1) is 17.7. The predicted octanol–water partition coefficient (Wildman–Crippen LogP) is 2.83. The van der Waals surface area contributed by atoms with E-state index in [9.17, 15) is 14.0 Å². The molecular weight excluding hydrogens is 335 g/mol. The fraction of sp³-hybridized carbons (Fsp3) is 0.200. The minimum absolute atomic E-state index is 0.317. The van der Waals surface area contributed by atoms with Gasteiger partial charge in [-0.2, -0.15) is 0 Å². The number of aryl methyl sites for hydroxylation is 1. The van der Waals surface area contributed by atoms with Gasteiger partial charge < -0.3 is 14.6 Å². The van der Waals surface area contributed by atoms with Crippen LogP contribution in [-0.2, 0) is 23.0 Å². The van der Waals surface area contributed by atoms with Gasteiger partial charge in [0.1, 0.15) is 17.6 Å². The standard InChI is InChI=1S/C20H19FN2O3/c1-23-17-9-8-15(21)11-14(17)12-18(23)19(24)22-16(20(25)26-2)10-13-6-4-3-5-7-13/h3-9,11-12,16H,10H2,1-2H3,(H,22,24). The first-order chi connectivity index (χ1) is 12.5. The molecule has 0 spiro atoms. The van der Waals surface area contributed by atoms with Crippen LogP contribution >= 0.6 is 0 Å². The molecule has 0 fully saturated rings. The van der Waals surface area contributed by atoms with Gasteiger partial charge in [0.05, 0.1) is 7.11 Å². The van der Waals surface area contributed by atoms with Crippen LogP contribution in [0.1, 0.15) is 16.1 Å². The molecule has 5 nitrogen and oxygen atoms in total. The summed E-state index contributed by atoms with van der Waals surface area (Å²) in [4.78, 5) is 24.8. The van der Waals surface area contributed by atoms with Gasteiger partial charge in [-0.25, -0.2) is 9.18 Å². The number of ether oxygens (including phenoxy) is 1. The molecule has 1 unspecified atom stereocenters. The van der Waals surface area contributed by atoms with Crippen LogP contribution in [0.25, 0.3) is 10.9 Å². The van der Waals surface area contributed by atoms with Gasteiger partial charge in [-0.3, -0.25) is 4.79 Å². The van der Waals surface area contributed by atoms with Gasteiger partial charge in [-0.05, 0) is 29.8 Å². The van der Waals surface area contributed by atoms with Crippen molar-refractivity contribution in [3.63, 3.8) is 0 Å². The Balaban J connectivity index is 1.85. The third kappa shape index (κ3) is 3.59. The van der Waals surface area contributed by atoms with Gasteiger partial charge in [0, 0.05) is 24.4 Å². The topological polar surface area (TPSA) is 60.3 Å². The Morgan fingerprint density at radius 1 is 1.15 bits per heavy atom. The SMILES string of the molecule is COC(=O)C(Cc1ccccc1)NC(=O)c1cc2cc(F)ccc2n1C. The maximum atomic E-state index is 13.4. The van der Waals surface area contributed by atoms with Crippen LogP contribution in [0.4, 0.5) is 4.39 Å². The molecule has 1 atom stereocenters. The van der Waals surface area contributed by atoms with E-state index in [2.05, 4.69) is 5.32 Å². The highest BCUT2D eigenvalue weighted by molar-refractivity contribution is 6.00. The van der Waals surface area contributed by atoms with E-state index in [1.54, 1.807) is 23.7 Å². The number of methoxy groups -OCH3 is 1. The van der Waals surface area contributed by atoms with Crippen LogP contribution in [0.3, 0.4) is 0 Å². The summed E-state index contributed by atoms with van der Waals surface area (Å²) < 4.78 is 19.9. The van der Waals surface area contributed by atoms with Gasteiger partial charge >= 0.3 is 5.97 Å². The van der Waals surface area contributed by atoms with Crippen molar-refractivity contribution < 1.29 is 18.7 Å². The third-order valence-electron chi connectivity index (χ3n) is 4.31. The molecule has 1 aromatic heterocycles. The van der Waals surface area contributed by atoms with E-state index in [0.717, 1.165) is 11.1 Å². The number of amides is 1. The van der Waals surface area contributed by atoms with Gasteiger partial charge in [-0.1, -0.05) is 30.3 Å². The second-order valence-corrected chi connectivity index (χ2v) is 6.03. The zero-order chi connectivity index (χ0) is 18.7. The Kier molecular flexibility index (Phi) is 5.02. The number of carbonyl (C=O) groups is 2. The number of nitrogens with zero attached hydrogens (tertiary/aromatic N) is 1. The highest BCUT2D eigenvalue weighted by Gasteiger charge is 2.24. The molecule has 2 aromatic carbocycles. The lowest BCUT2D eigenvalue weighted by molar-refractivity contribution is -0.142. The molecule has 1 N–H and O–H groups in total. The minimum atomic E-state index is -0.815. The molecule has 1 heterocycles. The molecule has 0 aliphatic heterocycles. The fourth-order valence-electron chi connectivity index (χ4n) is 2.96. The third-order valence-corrected chi connectivity index (χ3v) is 4.31. The maximum absolute atomic E-state index is 13.4. The average Bonchev–Trinajstić information content (AvgIpc) is 2.97. The summed E-state index contributed by atoms with van der Waals surface area (Å²) in [6, 6.07) is 14.5. The molecule has 0 bridgehead atoms. The summed E-state index contributed by atoms with van der Waals surface area (Å²) in [6.45, 7) is 0. The van der Waals surface area contributed by atoms with Crippen molar-refractivity contribution in [1.82, 2.24) is 9.88 Å². The summed E-state index contributed by atoms with van der Waals surface area (Å²) in [5.74, 6) is -1.31. The van der Waals surface area contributed by atoms with Crippen LogP contribution in [0, 0.1) is 5.82 Å². The largest absolute Gasteiger partial charge is 0.467 e. The van der Waals surface area contributed by atoms with E-state index in [1.807, 2.05) is 30.3 Å². The second-order valence-electron chi connectivity index (χ2n) is 6.03. The van der Waals surface area contributed by atoms with E-state index < -0.39 is 17.9 Å². The van der Waals surface area contributed by atoms with Gasteiger partial charge in [0.2, 0.25) is 0 Å². The van der Waals surface area contributed by atoms with Crippen molar-refractivity contribution >= 4 is 22.8 Å². The van der Waals surface area contributed by atoms with Crippen molar-refractivity contribution in [1.29, 1.82) is 0 Å². The lowest BCUT2D eigenvalue weighted by Gasteiger charge is -2.17. The molecule has 0 radical (unpaired) electrons. The first-order valence-corrected chi connectivity index (χ1v) is 8.17. The smallest absolute Gasteiger partial charge is 0.328 e. The molecule has 0 aliphatic rings. The number of esters is 1. The lowest BCUT2D eigenvalue weighted by Crippen LogP contribution is -2.43. The average molecular weight is 354 g/mol. The normalized spacial score (nSPS) is 12.0. The molecule has 134 valence electrons. The van der Waals surface area contributed by atoms with E-state index >= 15 is 0 Å². The molecule has 0 saturated carbocycles. The zero-order valence-corrected chi connectivity index (χ0v) is 14.5. The van der Waals surface area contributed by atoms with Crippen molar-refractivity contribution in [3.05, 3.63) is 71.7 Å². The van der Waals surface area contributed by atoms with E-state index in [1.165, 1.54) is 19.2 Å². The summed E-state index contributed by atoms with van der Waals surface area (Å²) in [5, 5.41) is 3.34. The number of hydrogen-bond acceptors (Lipinski definition) is 3. The molecule has 1 amide bonds. The predicted molar refractivity (Wildman–Crippen MR) is 96.3 cm³/mol.